The molecule has 3 nitrogen and oxygen atoms in total. The highest BCUT2D eigenvalue weighted by atomic mass is 16.1. The number of rotatable bonds is 5. The molecule has 0 saturated heterocycles. The third-order valence-corrected chi connectivity index (χ3v) is 5.03. The molecule has 2 aromatic carbocycles. The van der Waals surface area contributed by atoms with Crippen molar-refractivity contribution in [3.05, 3.63) is 77.4 Å². The van der Waals surface area contributed by atoms with E-state index in [9.17, 15) is 15.3 Å². The summed E-state index contributed by atoms with van der Waals surface area (Å²) in [7, 11) is 0. The van der Waals surface area contributed by atoms with E-state index in [0.29, 0.717) is 12.0 Å². The van der Waals surface area contributed by atoms with Crippen LogP contribution in [-0.2, 0) is 4.79 Å². The predicted octanol–water partition coefficient (Wildman–Crippen LogP) is 5.03. The summed E-state index contributed by atoms with van der Waals surface area (Å²) >= 11 is 0. The van der Waals surface area contributed by atoms with Crippen molar-refractivity contribution in [2.75, 3.05) is 0 Å². The fourth-order valence-corrected chi connectivity index (χ4v) is 3.76. The van der Waals surface area contributed by atoms with Gasteiger partial charge in [-0.25, -0.2) is 0 Å². The molecule has 26 heavy (non-hydrogen) atoms. The standard InChI is InChI=1S/C23H20N2O/c1-2-3-14-19-20(17-10-6-4-7-11-17)21(18-12-8-5-9-13-18)23(15-24,16-25)22(19)26/h4-13,21H,2-3,14H2,1H3. The van der Waals surface area contributed by atoms with Crippen molar-refractivity contribution in [1.29, 1.82) is 10.5 Å². The minimum Gasteiger partial charge on any atom is -0.291 e. The zero-order chi connectivity index (χ0) is 18.6. The van der Waals surface area contributed by atoms with Gasteiger partial charge in [-0.1, -0.05) is 74.0 Å². The van der Waals surface area contributed by atoms with Gasteiger partial charge in [-0.2, -0.15) is 10.5 Å². The van der Waals surface area contributed by atoms with Gasteiger partial charge in [0.1, 0.15) is 0 Å². The van der Waals surface area contributed by atoms with E-state index in [-0.39, 0.29) is 5.78 Å². The summed E-state index contributed by atoms with van der Waals surface area (Å²) in [5.74, 6) is -0.899. The Morgan fingerprint density at radius 1 is 0.962 bits per heavy atom. The molecule has 3 heteroatoms. The molecular formula is C23H20N2O. The second kappa shape index (κ2) is 7.38. The van der Waals surface area contributed by atoms with E-state index in [1.54, 1.807) is 0 Å². The molecule has 0 bridgehead atoms. The Labute approximate surface area is 154 Å². The quantitative estimate of drug-likeness (QED) is 0.766. The van der Waals surface area contributed by atoms with Crippen LogP contribution in [0.2, 0.25) is 0 Å². The summed E-state index contributed by atoms with van der Waals surface area (Å²) in [6.45, 7) is 2.07. The maximum absolute atomic E-state index is 13.3. The number of unbranched alkanes of at least 4 members (excludes halogenated alkanes) is 1. The number of ketones is 1. The third kappa shape index (κ3) is 2.72. The lowest BCUT2D eigenvalue weighted by Gasteiger charge is -2.24. The van der Waals surface area contributed by atoms with E-state index < -0.39 is 11.3 Å². The van der Waals surface area contributed by atoms with E-state index in [4.69, 9.17) is 0 Å². The molecule has 2 aromatic rings. The van der Waals surface area contributed by atoms with Crippen LogP contribution in [0.15, 0.2) is 66.2 Å². The molecule has 1 unspecified atom stereocenters. The summed E-state index contributed by atoms with van der Waals surface area (Å²) in [6.07, 6.45) is 2.39. The first-order valence-corrected chi connectivity index (χ1v) is 8.90. The van der Waals surface area contributed by atoms with Gasteiger partial charge in [0.05, 0.1) is 12.1 Å². The van der Waals surface area contributed by atoms with Gasteiger partial charge in [-0.15, -0.1) is 0 Å². The second-order valence-corrected chi connectivity index (χ2v) is 6.57. The van der Waals surface area contributed by atoms with E-state index in [2.05, 4.69) is 19.1 Å². The van der Waals surface area contributed by atoms with Crippen LogP contribution < -0.4 is 0 Å². The van der Waals surface area contributed by atoms with Gasteiger partial charge in [-0.05, 0) is 29.5 Å². The van der Waals surface area contributed by atoms with Crippen molar-refractivity contribution in [1.82, 2.24) is 0 Å². The Morgan fingerprint density at radius 2 is 1.54 bits per heavy atom. The molecule has 1 atom stereocenters. The van der Waals surface area contributed by atoms with Gasteiger partial charge in [-0.3, -0.25) is 4.79 Å². The van der Waals surface area contributed by atoms with Gasteiger partial charge in [0.2, 0.25) is 5.41 Å². The zero-order valence-corrected chi connectivity index (χ0v) is 14.8. The zero-order valence-electron chi connectivity index (χ0n) is 14.8. The van der Waals surface area contributed by atoms with E-state index in [0.717, 1.165) is 29.5 Å². The third-order valence-electron chi connectivity index (χ3n) is 5.03. The molecule has 3 rings (SSSR count). The van der Waals surface area contributed by atoms with Crippen LogP contribution in [0.4, 0.5) is 0 Å². The lowest BCUT2D eigenvalue weighted by atomic mass is 9.72. The minimum absolute atomic E-state index is 0.330. The lowest BCUT2D eigenvalue weighted by molar-refractivity contribution is -0.119. The Hall–Kier alpha value is -3.17. The minimum atomic E-state index is -1.70. The molecule has 0 aliphatic heterocycles. The molecule has 1 aliphatic carbocycles. The number of allylic oxidation sites excluding steroid dienone is 2. The van der Waals surface area contributed by atoms with Crippen LogP contribution in [-0.4, -0.2) is 5.78 Å². The van der Waals surface area contributed by atoms with Crippen molar-refractivity contribution in [2.24, 2.45) is 5.41 Å². The van der Waals surface area contributed by atoms with Crippen LogP contribution >= 0.6 is 0 Å². The Balaban J connectivity index is 2.30. The average molecular weight is 340 g/mol. The van der Waals surface area contributed by atoms with Gasteiger partial charge in [0.15, 0.2) is 5.78 Å². The smallest absolute Gasteiger partial charge is 0.216 e. The molecule has 1 aliphatic rings. The highest BCUT2D eigenvalue weighted by Crippen LogP contribution is 2.54. The molecule has 0 heterocycles. The molecule has 0 fully saturated rings. The van der Waals surface area contributed by atoms with Crippen LogP contribution in [0.5, 0.6) is 0 Å². The van der Waals surface area contributed by atoms with Crippen LogP contribution in [0.3, 0.4) is 0 Å². The molecule has 0 N–H and O–H groups in total. The first-order valence-electron chi connectivity index (χ1n) is 8.90. The predicted molar refractivity (Wildman–Crippen MR) is 101 cm³/mol. The summed E-state index contributed by atoms with van der Waals surface area (Å²) in [5, 5.41) is 19.8. The maximum atomic E-state index is 13.3. The molecule has 0 spiro atoms. The first kappa shape index (κ1) is 17.6. The Kier molecular flexibility index (Phi) is 5.01. The number of Topliss-reactive ketones (excluding diaryl/α,β-unsaturated/α-hetero) is 1. The Bertz CT molecular complexity index is 900. The number of benzene rings is 2. The number of carbonyl (C=O) groups excluding carboxylic acids is 1. The Morgan fingerprint density at radius 3 is 2.08 bits per heavy atom. The molecule has 0 aromatic heterocycles. The molecular weight excluding hydrogens is 320 g/mol. The van der Waals surface area contributed by atoms with Crippen molar-refractivity contribution < 1.29 is 4.79 Å². The largest absolute Gasteiger partial charge is 0.291 e. The molecule has 0 saturated carbocycles. The molecule has 0 radical (unpaired) electrons. The lowest BCUT2D eigenvalue weighted by Crippen LogP contribution is -2.30. The van der Waals surface area contributed by atoms with Crippen LogP contribution in [0, 0.1) is 28.1 Å². The normalized spacial score (nSPS) is 18.4. The number of hydrogen-bond donors (Lipinski definition) is 0. The molecule has 0 amide bonds. The monoisotopic (exact) mass is 340 g/mol. The first-order chi connectivity index (χ1) is 12.7. The highest BCUT2D eigenvalue weighted by Gasteiger charge is 2.56. The summed E-state index contributed by atoms with van der Waals surface area (Å²) in [6, 6.07) is 23.3. The van der Waals surface area contributed by atoms with Crippen molar-refractivity contribution in [3.8, 4) is 12.1 Å². The molecule has 128 valence electrons. The number of nitrogens with zero attached hydrogens (tertiary/aromatic N) is 2. The van der Waals surface area contributed by atoms with Gasteiger partial charge in [0.25, 0.3) is 0 Å². The van der Waals surface area contributed by atoms with Crippen molar-refractivity contribution >= 4 is 11.4 Å². The van der Waals surface area contributed by atoms with Gasteiger partial charge >= 0.3 is 0 Å². The van der Waals surface area contributed by atoms with E-state index in [1.165, 1.54) is 0 Å². The summed E-state index contributed by atoms with van der Waals surface area (Å²) in [5.41, 5.74) is 1.51. The van der Waals surface area contributed by atoms with E-state index >= 15 is 0 Å². The maximum Gasteiger partial charge on any atom is 0.216 e. The number of carbonyl (C=O) groups is 1. The second-order valence-electron chi connectivity index (χ2n) is 6.57. The summed E-state index contributed by atoms with van der Waals surface area (Å²) in [4.78, 5) is 13.3. The highest BCUT2D eigenvalue weighted by molar-refractivity contribution is 6.16. The van der Waals surface area contributed by atoms with Crippen LogP contribution in [0.25, 0.3) is 5.57 Å². The van der Waals surface area contributed by atoms with Crippen molar-refractivity contribution in [2.45, 2.75) is 32.1 Å². The summed E-state index contributed by atoms with van der Waals surface area (Å²) < 4.78 is 0. The van der Waals surface area contributed by atoms with Crippen LogP contribution in [0.1, 0.15) is 43.2 Å². The SMILES string of the molecule is CCCCC1=C(c2ccccc2)C(c2ccccc2)C(C#N)(C#N)C1=O. The van der Waals surface area contributed by atoms with Crippen molar-refractivity contribution in [3.63, 3.8) is 0 Å². The number of nitriles is 2. The topological polar surface area (TPSA) is 64.7 Å². The number of hydrogen-bond acceptors (Lipinski definition) is 3. The fraction of sp³-hybridized carbons (Fsp3) is 0.261. The fourth-order valence-electron chi connectivity index (χ4n) is 3.76. The van der Waals surface area contributed by atoms with Gasteiger partial charge in [0, 0.05) is 11.5 Å². The average Bonchev–Trinajstić information content (AvgIpc) is 2.96. The van der Waals surface area contributed by atoms with E-state index in [1.807, 2.05) is 60.7 Å². The van der Waals surface area contributed by atoms with Gasteiger partial charge < -0.3 is 0 Å².